The second-order valence-corrected chi connectivity index (χ2v) is 6.53. The molecule has 0 saturated carbocycles. The third-order valence-corrected chi connectivity index (χ3v) is 4.40. The molecule has 1 aliphatic heterocycles. The first-order valence-electron chi connectivity index (χ1n) is 8.65. The van der Waals surface area contributed by atoms with Crippen LogP contribution >= 0.6 is 0 Å². The Balaban J connectivity index is 1.72. The molecule has 134 valence electrons. The average molecular weight is 343 g/mol. The van der Waals surface area contributed by atoms with Gasteiger partial charge in [-0.25, -0.2) is 0 Å². The maximum absolute atomic E-state index is 12.3. The van der Waals surface area contributed by atoms with Crippen molar-refractivity contribution in [1.29, 1.82) is 0 Å². The minimum atomic E-state index is -0.108. The Bertz CT molecular complexity index is 744. The molecule has 5 nitrogen and oxygen atoms in total. The van der Waals surface area contributed by atoms with Gasteiger partial charge in [-0.3, -0.25) is 4.79 Å². The summed E-state index contributed by atoms with van der Waals surface area (Å²) in [6, 6.07) is 12.3. The molecule has 3 rings (SSSR count). The highest BCUT2D eigenvalue weighted by Crippen LogP contribution is 2.27. The fraction of sp³-hybridized carbons (Fsp3) is 0.450. The molecule has 1 heterocycles. The van der Waals surface area contributed by atoms with Crippen LogP contribution in [0.1, 0.15) is 25.5 Å². The Morgan fingerprint density at radius 1 is 1.24 bits per heavy atom. The number of fused-ring (bicyclic) bond motifs is 1. The molecule has 25 heavy (non-hydrogen) atoms. The minimum absolute atomic E-state index is 0.0209. The van der Waals surface area contributed by atoms with Crippen molar-refractivity contribution in [2.45, 2.75) is 26.1 Å². The van der Waals surface area contributed by atoms with Crippen LogP contribution in [0, 0.1) is 0 Å². The highest BCUT2D eigenvalue weighted by atomic mass is 16.5. The molecule has 1 unspecified atom stereocenters. The van der Waals surface area contributed by atoms with Crippen molar-refractivity contribution in [2.24, 2.45) is 0 Å². The molecule has 0 bridgehead atoms. The number of benzene rings is 2. The van der Waals surface area contributed by atoms with Crippen molar-refractivity contribution in [2.75, 3.05) is 33.4 Å². The van der Waals surface area contributed by atoms with Crippen LogP contribution in [0.2, 0.25) is 0 Å². The Kier molecular flexibility index (Phi) is 5.56. The number of carbonyl (C=O) groups is 1. The predicted octanol–water partition coefficient (Wildman–Crippen LogP) is 3.17. The molecule has 1 fully saturated rings. The fourth-order valence-corrected chi connectivity index (χ4v) is 2.98. The van der Waals surface area contributed by atoms with Gasteiger partial charge in [0.15, 0.2) is 0 Å². The van der Waals surface area contributed by atoms with Gasteiger partial charge in [-0.05, 0) is 48.4 Å². The monoisotopic (exact) mass is 343 g/mol. The van der Waals surface area contributed by atoms with Crippen molar-refractivity contribution >= 4 is 16.7 Å². The molecular weight excluding hydrogens is 318 g/mol. The van der Waals surface area contributed by atoms with Crippen LogP contribution in [-0.2, 0) is 14.3 Å². The summed E-state index contributed by atoms with van der Waals surface area (Å²) in [5, 5.41) is 2.26. The summed E-state index contributed by atoms with van der Waals surface area (Å²) in [4.78, 5) is 14.1. The van der Waals surface area contributed by atoms with E-state index in [-0.39, 0.29) is 24.7 Å². The summed E-state index contributed by atoms with van der Waals surface area (Å²) in [5.74, 6) is 0.864. The first-order valence-corrected chi connectivity index (χ1v) is 8.65. The van der Waals surface area contributed by atoms with E-state index in [2.05, 4.69) is 18.2 Å². The minimum Gasteiger partial charge on any atom is -0.497 e. The number of hydrogen-bond donors (Lipinski definition) is 0. The Morgan fingerprint density at radius 2 is 2.00 bits per heavy atom. The molecule has 1 aliphatic rings. The zero-order valence-corrected chi connectivity index (χ0v) is 15.0. The Hall–Kier alpha value is -2.11. The first kappa shape index (κ1) is 17.7. The molecular formula is C20H25NO4. The van der Waals surface area contributed by atoms with Gasteiger partial charge in [0.25, 0.3) is 0 Å². The summed E-state index contributed by atoms with van der Waals surface area (Å²) in [7, 11) is 1.67. The quantitative estimate of drug-likeness (QED) is 0.837. The second-order valence-electron chi connectivity index (χ2n) is 6.53. The van der Waals surface area contributed by atoms with Crippen LogP contribution in [0.5, 0.6) is 5.75 Å². The Labute approximate surface area is 148 Å². The maximum Gasteiger partial charge on any atom is 0.248 e. The van der Waals surface area contributed by atoms with Gasteiger partial charge in [-0.1, -0.05) is 18.2 Å². The van der Waals surface area contributed by atoms with E-state index in [9.17, 15) is 4.79 Å². The molecule has 1 atom stereocenters. The number of methoxy groups -OCH3 is 1. The third kappa shape index (κ3) is 4.30. The van der Waals surface area contributed by atoms with E-state index in [1.807, 2.05) is 36.9 Å². The lowest BCUT2D eigenvalue weighted by Crippen LogP contribution is -2.44. The van der Waals surface area contributed by atoms with Crippen LogP contribution < -0.4 is 4.74 Å². The SMILES string of the molecule is COc1ccc2cc(C3CN(C(=O)COC(C)C)CCO3)ccc2c1. The zero-order valence-electron chi connectivity index (χ0n) is 15.0. The highest BCUT2D eigenvalue weighted by Gasteiger charge is 2.25. The standard InChI is InChI=1S/C20H25NO4/c1-14(2)25-13-20(22)21-8-9-24-19(12-21)17-5-4-16-11-18(23-3)7-6-15(16)10-17/h4-7,10-11,14,19H,8-9,12-13H2,1-3H3. The Morgan fingerprint density at radius 3 is 2.76 bits per heavy atom. The zero-order chi connectivity index (χ0) is 17.8. The van der Waals surface area contributed by atoms with Crippen LogP contribution in [0.4, 0.5) is 0 Å². The van der Waals surface area contributed by atoms with Crippen molar-refractivity contribution < 1.29 is 19.0 Å². The van der Waals surface area contributed by atoms with Gasteiger partial charge in [0.1, 0.15) is 18.5 Å². The van der Waals surface area contributed by atoms with Crippen LogP contribution in [0.3, 0.4) is 0 Å². The third-order valence-electron chi connectivity index (χ3n) is 4.40. The summed E-state index contributed by atoms with van der Waals surface area (Å²) in [5.41, 5.74) is 1.08. The number of morpholine rings is 1. The van der Waals surface area contributed by atoms with E-state index >= 15 is 0 Å². The van der Waals surface area contributed by atoms with E-state index in [1.54, 1.807) is 7.11 Å². The van der Waals surface area contributed by atoms with E-state index in [1.165, 1.54) is 0 Å². The van der Waals surface area contributed by atoms with Gasteiger partial charge in [0, 0.05) is 6.54 Å². The van der Waals surface area contributed by atoms with Crippen molar-refractivity contribution in [3.05, 3.63) is 42.0 Å². The molecule has 0 spiro atoms. The largest absolute Gasteiger partial charge is 0.497 e. The lowest BCUT2D eigenvalue weighted by molar-refractivity contribution is -0.145. The predicted molar refractivity (Wildman–Crippen MR) is 96.9 cm³/mol. The van der Waals surface area contributed by atoms with E-state index in [0.717, 1.165) is 22.1 Å². The summed E-state index contributed by atoms with van der Waals surface area (Å²) >= 11 is 0. The maximum atomic E-state index is 12.3. The summed E-state index contributed by atoms with van der Waals surface area (Å²) in [6.07, 6.45) is -0.0541. The lowest BCUT2D eigenvalue weighted by atomic mass is 10.0. The smallest absolute Gasteiger partial charge is 0.248 e. The number of hydrogen-bond acceptors (Lipinski definition) is 4. The molecule has 0 aliphatic carbocycles. The number of nitrogens with zero attached hydrogens (tertiary/aromatic N) is 1. The van der Waals surface area contributed by atoms with Gasteiger partial charge in [0.2, 0.25) is 5.91 Å². The van der Waals surface area contributed by atoms with Gasteiger partial charge in [0.05, 0.1) is 26.4 Å². The fourth-order valence-electron chi connectivity index (χ4n) is 2.98. The molecule has 0 radical (unpaired) electrons. The van der Waals surface area contributed by atoms with Crippen molar-refractivity contribution in [1.82, 2.24) is 4.90 Å². The number of amides is 1. The molecule has 0 N–H and O–H groups in total. The van der Waals surface area contributed by atoms with Crippen LogP contribution in [-0.4, -0.2) is 50.3 Å². The molecule has 1 amide bonds. The van der Waals surface area contributed by atoms with E-state index in [4.69, 9.17) is 14.2 Å². The van der Waals surface area contributed by atoms with Crippen molar-refractivity contribution in [3.8, 4) is 5.75 Å². The molecule has 5 heteroatoms. The summed E-state index contributed by atoms with van der Waals surface area (Å²) in [6.45, 7) is 5.70. The van der Waals surface area contributed by atoms with Gasteiger partial charge >= 0.3 is 0 Å². The molecule has 1 saturated heterocycles. The number of rotatable bonds is 5. The normalized spacial score (nSPS) is 17.9. The first-order chi connectivity index (χ1) is 12.1. The highest BCUT2D eigenvalue weighted by molar-refractivity contribution is 5.84. The van der Waals surface area contributed by atoms with E-state index < -0.39 is 0 Å². The molecule has 2 aromatic rings. The van der Waals surface area contributed by atoms with Gasteiger partial charge in [-0.2, -0.15) is 0 Å². The average Bonchev–Trinajstić information content (AvgIpc) is 2.65. The van der Waals surface area contributed by atoms with E-state index in [0.29, 0.717) is 19.7 Å². The lowest BCUT2D eigenvalue weighted by Gasteiger charge is -2.33. The van der Waals surface area contributed by atoms with Crippen LogP contribution in [0.15, 0.2) is 36.4 Å². The topological polar surface area (TPSA) is 48.0 Å². The summed E-state index contributed by atoms with van der Waals surface area (Å²) < 4.78 is 16.6. The number of carbonyl (C=O) groups excluding carboxylic acids is 1. The second kappa shape index (κ2) is 7.85. The van der Waals surface area contributed by atoms with Crippen molar-refractivity contribution in [3.63, 3.8) is 0 Å². The van der Waals surface area contributed by atoms with Crippen LogP contribution in [0.25, 0.3) is 10.8 Å². The van der Waals surface area contributed by atoms with Gasteiger partial charge in [-0.15, -0.1) is 0 Å². The molecule has 0 aromatic heterocycles. The molecule has 2 aromatic carbocycles. The van der Waals surface area contributed by atoms with Gasteiger partial charge < -0.3 is 19.1 Å². The number of ether oxygens (including phenoxy) is 3.